The molecule has 0 amide bonds. The fraction of sp³-hybridized carbons (Fsp3) is 0.125. The van der Waals surface area contributed by atoms with Gasteiger partial charge in [0.25, 0.3) is 0 Å². The molecular weight excluding hydrogens is 296 g/mol. The monoisotopic (exact) mass is 310 g/mol. The van der Waals surface area contributed by atoms with E-state index in [9.17, 15) is 0 Å². The number of imidazole rings is 1. The third-order valence-corrected chi connectivity index (χ3v) is 4.38. The second-order valence-electron chi connectivity index (χ2n) is 4.90. The van der Waals surface area contributed by atoms with Gasteiger partial charge in [-0.25, -0.2) is 4.98 Å². The molecule has 4 aromatic rings. The van der Waals surface area contributed by atoms with E-state index in [0.29, 0.717) is 6.54 Å². The van der Waals surface area contributed by atoms with E-state index in [1.165, 1.54) is 0 Å². The maximum absolute atomic E-state index is 5.81. The van der Waals surface area contributed by atoms with E-state index in [0.717, 1.165) is 39.8 Å². The molecular formula is C16H14N4OS. The van der Waals surface area contributed by atoms with Gasteiger partial charge in [0.15, 0.2) is 10.7 Å². The van der Waals surface area contributed by atoms with Crippen LogP contribution in [0.2, 0.25) is 0 Å². The third-order valence-electron chi connectivity index (χ3n) is 3.55. The predicted octanol–water partition coefficient (Wildman–Crippen LogP) is 3.22. The molecule has 0 spiro atoms. The lowest BCUT2D eigenvalue weighted by atomic mass is 10.2. The van der Waals surface area contributed by atoms with Crippen LogP contribution in [0, 0.1) is 0 Å². The van der Waals surface area contributed by atoms with Crippen LogP contribution in [0.3, 0.4) is 0 Å². The molecule has 0 atom stereocenters. The minimum atomic E-state index is 0.559. The van der Waals surface area contributed by atoms with Crippen LogP contribution >= 0.6 is 11.3 Å². The lowest BCUT2D eigenvalue weighted by molar-refractivity contribution is 0.579. The summed E-state index contributed by atoms with van der Waals surface area (Å²) in [5.74, 6) is 0.775. The normalized spacial score (nSPS) is 11.3. The number of thiazole rings is 1. The first kappa shape index (κ1) is 13.2. The topological polar surface area (TPSA) is 69.3 Å². The molecule has 4 rings (SSSR count). The average Bonchev–Trinajstić information content (AvgIpc) is 3.25. The van der Waals surface area contributed by atoms with Crippen molar-refractivity contribution in [3.05, 3.63) is 54.0 Å². The highest BCUT2D eigenvalue weighted by atomic mass is 32.1. The van der Waals surface area contributed by atoms with Crippen LogP contribution < -0.4 is 5.73 Å². The van der Waals surface area contributed by atoms with Crippen molar-refractivity contribution in [1.82, 2.24) is 14.4 Å². The first-order valence-electron chi connectivity index (χ1n) is 7.01. The van der Waals surface area contributed by atoms with E-state index >= 15 is 0 Å². The average molecular weight is 310 g/mol. The smallest absolute Gasteiger partial charge is 0.195 e. The molecule has 0 unspecified atom stereocenters. The largest absolute Gasteiger partial charge is 0.463 e. The molecule has 0 aliphatic heterocycles. The number of nitrogens with zero attached hydrogens (tertiary/aromatic N) is 3. The molecule has 0 aliphatic carbocycles. The summed E-state index contributed by atoms with van der Waals surface area (Å²) in [7, 11) is 0. The molecule has 0 aromatic carbocycles. The van der Waals surface area contributed by atoms with Gasteiger partial charge in [-0.1, -0.05) is 0 Å². The van der Waals surface area contributed by atoms with Crippen LogP contribution in [0.5, 0.6) is 0 Å². The lowest BCUT2D eigenvalue weighted by Crippen LogP contribution is -2.06. The highest BCUT2D eigenvalue weighted by molar-refractivity contribution is 7.15. The Bertz CT molecular complexity index is 893. The van der Waals surface area contributed by atoms with Crippen LogP contribution in [0.15, 0.2) is 52.7 Å². The first-order chi connectivity index (χ1) is 10.9. The summed E-state index contributed by atoms with van der Waals surface area (Å²) in [6.07, 6.45) is 6.04. The highest BCUT2D eigenvalue weighted by Crippen LogP contribution is 2.32. The molecule has 5 nitrogen and oxygen atoms in total. The van der Waals surface area contributed by atoms with Crippen molar-refractivity contribution >= 4 is 16.3 Å². The van der Waals surface area contributed by atoms with Crippen molar-refractivity contribution in [2.24, 2.45) is 5.73 Å². The first-order valence-corrected chi connectivity index (χ1v) is 7.89. The summed E-state index contributed by atoms with van der Waals surface area (Å²) in [4.78, 5) is 9.88. The van der Waals surface area contributed by atoms with Gasteiger partial charge in [-0.2, -0.15) is 0 Å². The Kier molecular flexibility index (Phi) is 3.25. The molecule has 0 radical (unpaired) electrons. The Morgan fingerprint density at radius 1 is 1.27 bits per heavy atom. The molecule has 110 valence electrons. The number of rotatable bonds is 4. The zero-order chi connectivity index (χ0) is 14.9. The molecule has 0 fully saturated rings. The standard InChI is InChI=1S/C16H14N4OS/c17-6-5-12-15(14-4-2-8-21-14)19-16-20(12)13(10-22-16)11-3-1-7-18-9-11/h1-4,7-10H,5-6,17H2. The van der Waals surface area contributed by atoms with Gasteiger partial charge in [0.1, 0.15) is 5.69 Å². The SMILES string of the molecule is NCCc1c(-c2ccco2)nc2scc(-c3cccnc3)n12. The summed E-state index contributed by atoms with van der Waals surface area (Å²) in [6, 6.07) is 7.78. The number of aromatic nitrogens is 3. The predicted molar refractivity (Wildman–Crippen MR) is 86.8 cm³/mol. The fourth-order valence-corrected chi connectivity index (χ4v) is 3.53. The van der Waals surface area contributed by atoms with Crippen molar-refractivity contribution in [3.63, 3.8) is 0 Å². The Balaban J connectivity index is 1.97. The molecule has 4 heterocycles. The van der Waals surface area contributed by atoms with Gasteiger partial charge < -0.3 is 10.2 Å². The van der Waals surface area contributed by atoms with Gasteiger partial charge in [0, 0.05) is 29.8 Å². The number of hydrogen-bond acceptors (Lipinski definition) is 5. The zero-order valence-electron chi connectivity index (χ0n) is 11.8. The van der Waals surface area contributed by atoms with E-state index in [4.69, 9.17) is 15.1 Å². The number of pyridine rings is 1. The minimum absolute atomic E-state index is 0.559. The van der Waals surface area contributed by atoms with Crippen LogP contribution in [0.4, 0.5) is 0 Å². The Morgan fingerprint density at radius 2 is 2.23 bits per heavy atom. The second kappa shape index (κ2) is 5.40. The Morgan fingerprint density at radius 3 is 2.95 bits per heavy atom. The number of hydrogen-bond donors (Lipinski definition) is 1. The molecule has 22 heavy (non-hydrogen) atoms. The van der Waals surface area contributed by atoms with Gasteiger partial charge >= 0.3 is 0 Å². The van der Waals surface area contributed by atoms with Crippen molar-refractivity contribution < 1.29 is 4.42 Å². The second-order valence-corrected chi connectivity index (χ2v) is 5.74. The maximum Gasteiger partial charge on any atom is 0.195 e. The van der Waals surface area contributed by atoms with Gasteiger partial charge in [0.2, 0.25) is 0 Å². The summed E-state index contributed by atoms with van der Waals surface area (Å²) < 4.78 is 7.69. The van der Waals surface area contributed by atoms with Crippen molar-refractivity contribution in [2.45, 2.75) is 6.42 Å². The van der Waals surface area contributed by atoms with Crippen LogP contribution in [-0.4, -0.2) is 20.9 Å². The van der Waals surface area contributed by atoms with Gasteiger partial charge in [-0.3, -0.25) is 9.38 Å². The van der Waals surface area contributed by atoms with Gasteiger partial charge in [-0.05, 0) is 30.8 Å². The zero-order valence-corrected chi connectivity index (χ0v) is 12.6. The van der Waals surface area contributed by atoms with Crippen LogP contribution in [-0.2, 0) is 6.42 Å². The fourth-order valence-electron chi connectivity index (χ4n) is 2.61. The summed E-state index contributed by atoms with van der Waals surface area (Å²) >= 11 is 1.61. The van der Waals surface area contributed by atoms with Gasteiger partial charge in [0.05, 0.1) is 17.7 Å². The van der Waals surface area contributed by atoms with Crippen molar-refractivity contribution in [2.75, 3.05) is 6.54 Å². The lowest BCUT2D eigenvalue weighted by Gasteiger charge is -2.05. The molecule has 0 saturated carbocycles. The van der Waals surface area contributed by atoms with E-state index in [-0.39, 0.29) is 0 Å². The van der Waals surface area contributed by atoms with Crippen molar-refractivity contribution in [1.29, 1.82) is 0 Å². The minimum Gasteiger partial charge on any atom is -0.463 e. The van der Waals surface area contributed by atoms with Crippen LogP contribution in [0.25, 0.3) is 27.7 Å². The Labute approximate surface area is 131 Å². The highest BCUT2D eigenvalue weighted by Gasteiger charge is 2.19. The number of furan rings is 1. The molecule has 6 heteroatoms. The molecule has 2 N–H and O–H groups in total. The molecule has 0 saturated heterocycles. The maximum atomic E-state index is 5.81. The Hall–Kier alpha value is -2.44. The van der Waals surface area contributed by atoms with E-state index < -0.39 is 0 Å². The van der Waals surface area contributed by atoms with Crippen molar-refractivity contribution in [3.8, 4) is 22.7 Å². The summed E-state index contributed by atoms with van der Waals surface area (Å²) in [5.41, 5.74) is 9.90. The van der Waals surface area contributed by atoms with E-state index in [2.05, 4.69) is 14.8 Å². The van der Waals surface area contributed by atoms with Gasteiger partial charge in [-0.15, -0.1) is 11.3 Å². The molecule has 0 bridgehead atoms. The van der Waals surface area contributed by atoms with Crippen LogP contribution in [0.1, 0.15) is 5.69 Å². The molecule has 4 aromatic heterocycles. The number of fused-ring (bicyclic) bond motifs is 1. The summed E-state index contributed by atoms with van der Waals surface area (Å²) in [5, 5.41) is 2.10. The van der Waals surface area contributed by atoms with E-state index in [1.807, 2.05) is 30.5 Å². The van der Waals surface area contributed by atoms with E-state index in [1.54, 1.807) is 23.8 Å². The third kappa shape index (κ3) is 2.04. The number of nitrogens with two attached hydrogens (primary N) is 1. The quantitative estimate of drug-likeness (QED) is 0.628. The molecule has 0 aliphatic rings. The summed E-state index contributed by atoms with van der Waals surface area (Å²) in [6.45, 7) is 0.559.